The maximum atomic E-state index is 12.4. The van der Waals surface area contributed by atoms with Crippen LogP contribution in [0.5, 0.6) is 0 Å². The van der Waals surface area contributed by atoms with E-state index < -0.39 is 16.8 Å². The highest BCUT2D eigenvalue weighted by atomic mass is 16.4. The topological polar surface area (TPSA) is 79.5 Å². The lowest BCUT2D eigenvalue weighted by Gasteiger charge is -2.40. The van der Waals surface area contributed by atoms with Crippen LogP contribution in [0.25, 0.3) is 0 Å². The zero-order chi connectivity index (χ0) is 15.5. The Morgan fingerprint density at radius 3 is 2.57 bits per heavy atom. The van der Waals surface area contributed by atoms with Crippen molar-refractivity contribution in [1.82, 2.24) is 5.32 Å². The Morgan fingerprint density at radius 2 is 2.14 bits per heavy atom. The fraction of sp³-hybridized carbons (Fsp3) is 0.625. The molecule has 21 heavy (non-hydrogen) atoms. The first-order valence-corrected chi connectivity index (χ1v) is 7.32. The van der Waals surface area contributed by atoms with E-state index in [0.717, 1.165) is 12.8 Å². The highest BCUT2D eigenvalue weighted by molar-refractivity contribution is 5.89. The molecule has 3 atom stereocenters. The molecule has 0 radical (unpaired) electrons. The average molecular weight is 291 g/mol. The van der Waals surface area contributed by atoms with Gasteiger partial charge in [-0.25, -0.2) is 0 Å². The minimum absolute atomic E-state index is 0.0595. The molecular formula is C16H21NO4. The number of carbonyl (C=O) groups excluding carboxylic acids is 1. The van der Waals surface area contributed by atoms with Gasteiger partial charge in [0.05, 0.1) is 18.2 Å². The lowest BCUT2D eigenvalue weighted by Crippen LogP contribution is -2.46. The van der Waals surface area contributed by atoms with Gasteiger partial charge >= 0.3 is 5.97 Å². The lowest BCUT2D eigenvalue weighted by molar-refractivity contribution is -0.148. The third-order valence-electron chi connectivity index (χ3n) is 6.38. The standard InChI is InChI=1S/C16H21NO4/c1-14(2)15(3,13(19)20)16(14)7-6-11(16)12(18)17-9-10-5-4-8-21-10/h4-5,8,11H,6-7,9H2,1-3H3,(H,17,18)(H,19,20)/t11-,15+,16-/m1/s1. The molecule has 2 N–H and O–H groups in total. The summed E-state index contributed by atoms with van der Waals surface area (Å²) in [7, 11) is 0. The van der Waals surface area contributed by atoms with Gasteiger partial charge in [-0.15, -0.1) is 0 Å². The smallest absolute Gasteiger partial charge is 0.310 e. The molecule has 0 aliphatic heterocycles. The summed E-state index contributed by atoms with van der Waals surface area (Å²) in [6.07, 6.45) is 3.13. The highest BCUT2D eigenvalue weighted by Crippen LogP contribution is 2.87. The fourth-order valence-corrected chi connectivity index (χ4v) is 4.68. The minimum Gasteiger partial charge on any atom is -0.481 e. The largest absolute Gasteiger partial charge is 0.481 e. The van der Waals surface area contributed by atoms with Crippen molar-refractivity contribution in [2.24, 2.45) is 22.2 Å². The Bertz CT molecular complexity index is 591. The molecule has 1 spiro atoms. The second-order valence-corrected chi connectivity index (χ2v) is 6.91. The number of hydrogen-bond acceptors (Lipinski definition) is 3. The van der Waals surface area contributed by atoms with Crippen molar-refractivity contribution in [2.75, 3.05) is 0 Å². The Kier molecular flexibility index (Phi) is 2.78. The van der Waals surface area contributed by atoms with E-state index in [1.807, 2.05) is 13.8 Å². The third kappa shape index (κ3) is 1.46. The van der Waals surface area contributed by atoms with Crippen molar-refractivity contribution >= 4 is 11.9 Å². The van der Waals surface area contributed by atoms with Crippen LogP contribution in [0.1, 0.15) is 39.4 Å². The lowest BCUT2D eigenvalue weighted by atomic mass is 9.63. The molecule has 2 aliphatic carbocycles. The molecule has 114 valence electrons. The summed E-state index contributed by atoms with van der Waals surface area (Å²) in [5.74, 6) is -0.372. The van der Waals surface area contributed by atoms with Gasteiger partial charge in [0.25, 0.3) is 0 Å². The van der Waals surface area contributed by atoms with Crippen LogP contribution < -0.4 is 5.32 Å². The molecule has 0 bridgehead atoms. The Balaban J connectivity index is 1.73. The summed E-state index contributed by atoms with van der Waals surface area (Å²) in [5, 5.41) is 12.5. The minimum atomic E-state index is -0.815. The molecule has 2 aliphatic rings. The second kappa shape index (κ2) is 4.12. The van der Waals surface area contributed by atoms with Gasteiger partial charge in [0.2, 0.25) is 5.91 Å². The number of aliphatic carboxylic acids is 1. The van der Waals surface area contributed by atoms with Crippen LogP contribution in [0.4, 0.5) is 0 Å². The second-order valence-electron chi connectivity index (χ2n) is 6.91. The number of rotatable bonds is 4. The van der Waals surface area contributed by atoms with Gasteiger partial charge in [0.15, 0.2) is 0 Å². The summed E-state index contributed by atoms with van der Waals surface area (Å²) in [5.41, 5.74) is -1.57. The van der Waals surface area contributed by atoms with Gasteiger partial charge in [-0.1, -0.05) is 13.8 Å². The predicted octanol–water partition coefficient (Wildman–Crippen LogP) is 2.42. The Hall–Kier alpha value is -1.78. The zero-order valence-electron chi connectivity index (χ0n) is 12.6. The number of amides is 1. The molecule has 1 heterocycles. The Morgan fingerprint density at radius 1 is 1.43 bits per heavy atom. The van der Waals surface area contributed by atoms with Crippen molar-refractivity contribution < 1.29 is 19.1 Å². The van der Waals surface area contributed by atoms with E-state index in [1.54, 1.807) is 25.3 Å². The number of carboxylic acids is 1. The van der Waals surface area contributed by atoms with E-state index in [-0.39, 0.29) is 17.2 Å². The highest BCUT2D eigenvalue weighted by Gasteiger charge is 2.88. The first kappa shape index (κ1) is 14.2. The van der Waals surface area contributed by atoms with Gasteiger partial charge in [-0.2, -0.15) is 0 Å². The van der Waals surface area contributed by atoms with Gasteiger partial charge in [-0.05, 0) is 37.3 Å². The van der Waals surface area contributed by atoms with Crippen LogP contribution >= 0.6 is 0 Å². The maximum Gasteiger partial charge on any atom is 0.310 e. The monoisotopic (exact) mass is 291 g/mol. The van der Waals surface area contributed by atoms with E-state index >= 15 is 0 Å². The molecule has 2 saturated carbocycles. The fourth-order valence-electron chi connectivity index (χ4n) is 4.68. The molecule has 1 aromatic heterocycles. The molecule has 5 heteroatoms. The number of carboxylic acid groups (broad SMARTS) is 1. The summed E-state index contributed by atoms with van der Waals surface area (Å²) in [6, 6.07) is 3.58. The molecule has 1 aromatic rings. The molecule has 0 aromatic carbocycles. The van der Waals surface area contributed by atoms with Crippen molar-refractivity contribution in [1.29, 1.82) is 0 Å². The third-order valence-corrected chi connectivity index (χ3v) is 6.38. The number of furan rings is 1. The van der Waals surface area contributed by atoms with E-state index in [0.29, 0.717) is 12.3 Å². The predicted molar refractivity (Wildman–Crippen MR) is 75.2 cm³/mol. The van der Waals surface area contributed by atoms with Crippen LogP contribution in [-0.4, -0.2) is 17.0 Å². The first-order chi connectivity index (χ1) is 9.79. The van der Waals surface area contributed by atoms with Crippen LogP contribution in [0.15, 0.2) is 22.8 Å². The van der Waals surface area contributed by atoms with Crippen LogP contribution in [-0.2, 0) is 16.1 Å². The van der Waals surface area contributed by atoms with E-state index in [4.69, 9.17) is 4.42 Å². The van der Waals surface area contributed by atoms with Crippen molar-refractivity contribution in [3.05, 3.63) is 24.2 Å². The SMILES string of the molecule is CC1(C)[C@](C)(C(=O)O)[C@@]12CC[C@@H]2C(=O)NCc1ccco1. The van der Waals surface area contributed by atoms with Crippen molar-refractivity contribution in [3.63, 3.8) is 0 Å². The van der Waals surface area contributed by atoms with Crippen LogP contribution in [0.3, 0.4) is 0 Å². The van der Waals surface area contributed by atoms with Crippen molar-refractivity contribution in [2.45, 2.75) is 40.2 Å². The normalized spacial score (nSPS) is 36.0. The molecule has 0 unspecified atom stereocenters. The number of hydrogen-bond donors (Lipinski definition) is 2. The molecule has 5 nitrogen and oxygen atoms in total. The van der Waals surface area contributed by atoms with E-state index in [9.17, 15) is 14.7 Å². The Labute approximate surface area is 123 Å². The first-order valence-electron chi connectivity index (χ1n) is 7.32. The van der Waals surface area contributed by atoms with E-state index in [1.165, 1.54) is 0 Å². The van der Waals surface area contributed by atoms with Gasteiger partial charge in [0, 0.05) is 11.3 Å². The summed E-state index contributed by atoms with van der Waals surface area (Å²) >= 11 is 0. The number of carbonyl (C=O) groups is 2. The van der Waals surface area contributed by atoms with Crippen molar-refractivity contribution in [3.8, 4) is 0 Å². The van der Waals surface area contributed by atoms with Gasteiger partial charge < -0.3 is 14.8 Å². The number of nitrogens with one attached hydrogen (secondary N) is 1. The quantitative estimate of drug-likeness (QED) is 0.893. The molecular weight excluding hydrogens is 270 g/mol. The summed E-state index contributed by atoms with van der Waals surface area (Å²) in [4.78, 5) is 24.1. The molecule has 2 fully saturated rings. The van der Waals surface area contributed by atoms with Crippen LogP contribution in [0, 0.1) is 22.2 Å². The van der Waals surface area contributed by atoms with Gasteiger partial charge in [-0.3, -0.25) is 9.59 Å². The maximum absolute atomic E-state index is 12.4. The summed E-state index contributed by atoms with van der Waals surface area (Å²) < 4.78 is 5.19. The molecule has 0 saturated heterocycles. The van der Waals surface area contributed by atoms with E-state index in [2.05, 4.69) is 5.32 Å². The molecule has 3 rings (SSSR count). The van der Waals surface area contributed by atoms with Gasteiger partial charge in [0.1, 0.15) is 5.76 Å². The van der Waals surface area contributed by atoms with Crippen LogP contribution in [0.2, 0.25) is 0 Å². The summed E-state index contributed by atoms with van der Waals surface area (Å²) in [6.45, 7) is 6.06. The average Bonchev–Trinajstić information content (AvgIpc) is 2.73. The zero-order valence-corrected chi connectivity index (χ0v) is 12.6. The molecule has 1 amide bonds.